The van der Waals surface area contributed by atoms with Gasteiger partial charge in [-0.05, 0) is 37.0 Å². The molecule has 0 spiro atoms. The van der Waals surface area contributed by atoms with Crippen LogP contribution in [0.25, 0.3) is 0 Å². The van der Waals surface area contributed by atoms with Crippen LogP contribution < -0.4 is 10.1 Å². The minimum atomic E-state index is -4.13. The van der Waals surface area contributed by atoms with Crippen molar-refractivity contribution in [3.05, 3.63) is 28.8 Å². The molecule has 1 aromatic rings. The van der Waals surface area contributed by atoms with Crippen LogP contribution in [0.15, 0.2) is 18.2 Å². The van der Waals surface area contributed by atoms with Crippen molar-refractivity contribution in [3.8, 4) is 5.75 Å². The summed E-state index contributed by atoms with van der Waals surface area (Å²) in [6, 6.07) is 5.99. The summed E-state index contributed by atoms with van der Waals surface area (Å²) in [5, 5.41) is 3.80. The summed E-state index contributed by atoms with van der Waals surface area (Å²) < 4.78 is 41.2. The quantitative estimate of drug-likeness (QED) is 0.758. The van der Waals surface area contributed by atoms with E-state index in [9.17, 15) is 13.2 Å². The van der Waals surface area contributed by atoms with Gasteiger partial charge in [0, 0.05) is 19.0 Å². The fourth-order valence-electron chi connectivity index (χ4n) is 1.78. The van der Waals surface area contributed by atoms with Gasteiger partial charge in [-0.2, -0.15) is 13.2 Å². The molecule has 1 saturated carbocycles. The monoisotopic (exact) mass is 307 g/mol. The highest BCUT2D eigenvalue weighted by atomic mass is 35.5. The number of halogens is 4. The van der Waals surface area contributed by atoms with E-state index >= 15 is 0 Å². The van der Waals surface area contributed by atoms with E-state index in [-0.39, 0.29) is 13.0 Å². The predicted molar refractivity (Wildman–Crippen MR) is 72.1 cm³/mol. The highest BCUT2D eigenvalue weighted by Crippen LogP contribution is 2.27. The zero-order valence-corrected chi connectivity index (χ0v) is 11.7. The Morgan fingerprint density at radius 1 is 1.30 bits per heavy atom. The predicted octanol–water partition coefficient (Wildman–Crippen LogP) is 4.31. The molecule has 1 aromatic carbocycles. The topological polar surface area (TPSA) is 21.3 Å². The van der Waals surface area contributed by atoms with Gasteiger partial charge in [0.2, 0.25) is 0 Å². The molecule has 0 aromatic heterocycles. The van der Waals surface area contributed by atoms with Crippen LogP contribution in [0, 0.1) is 0 Å². The first-order chi connectivity index (χ1) is 9.44. The van der Waals surface area contributed by atoms with Gasteiger partial charge in [0.25, 0.3) is 0 Å². The fourth-order valence-corrected chi connectivity index (χ4v) is 2.03. The fraction of sp³-hybridized carbons (Fsp3) is 0.571. The second kappa shape index (κ2) is 6.68. The van der Waals surface area contributed by atoms with Gasteiger partial charge in [0.05, 0.1) is 11.6 Å². The van der Waals surface area contributed by atoms with Gasteiger partial charge in [-0.1, -0.05) is 17.7 Å². The number of alkyl halides is 3. The molecule has 1 aliphatic rings. The van der Waals surface area contributed by atoms with Crippen molar-refractivity contribution >= 4 is 11.6 Å². The lowest BCUT2D eigenvalue weighted by Crippen LogP contribution is -2.15. The molecule has 1 aliphatic carbocycles. The smallest absolute Gasteiger partial charge is 0.389 e. The van der Waals surface area contributed by atoms with Crippen molar-refractivity contribution in [2.75, 3.05) is 6.61 Å². The zero-order valence-electron chi connectivity index (χ0n) is 11.0. The molecule has 112 valence electrons. The van der Waals surface area contributed by atoms with Crippen LogP contribution in [-0.4, -0.2) is 18.8 Å². The van der Waals surface area contributed by atoms with Crippen molar-refractivity contribution < 1.29 is 17.9 Å². The lowest BCUT2D eigenvalue weighted by atomic mass is 10.2. The summed E-state index contributed by atoms with van der Waals surface area (Å²) in [5.41, 5.74) is 1.05. The second-order valence-electron chi connectivity index (χ2n) is 4.99. The molecule has 1 N–H and O–H groups in total. The Bertz CT molecular complexity index is 447. The van der Waals surface area contributed by atoms with E-state index in [0.717, 1.165) is 12.1 Å². The second-order valence-corrected chi connectivity index (χ2v) is 5.39. The lowest BCUT2D eigenvalue weighted by molar-refractivity contribution is -0.136. The molecule has 0 heterocycles. The van der Waals surface area contributed by atoms with Gasteiger partial charge in [-0.15, -0.1) is 0 Å². The Hall–Kier alpha value is -0.940. The molecule has 0 unspecified atom stereocenters. The average Bonchev–Trinajstić information content (AvgIpc) is 3.17. The van der Waals surface area contributed by atoms with Crippen LogP contribution >= 0.6 is 11.6 Å². The zero-order chi connectivity index (χ0) is 14.6. The number of hydrogen-bond donors (Lipinski definition) is 1. The Morgan fingerprint density at radius 3 is 2.65 bits per heavy atom. The van der Waals surface area contributed by atoms with E-state index in [1.54, 1.807) is 12.1 Å². The van der Waals surface area contributed by atoms with Crippen molar-refractivity contribution in [2.24, 2.45) is 0 Å². The van der Waals surface area contributed by atoms with Crippen LogP contribution in [0.1, 0.15) is 31.2 Å². The molecule has 0 saturated heterocycles. The number of ether oxygens (including phenoxy) is 1. The first-order valence-corrected chi connectivity index (χ1v) is 7.03. The van der Waals surface area contributed by atoms with E-state index in [1.807, 2.05) is 6.07 Å². The van der Waals surface area contributed by atoms with E-state index in [1.165, 1.54) is 12.8 Å². The molecule has 0 aliphatic heterocycles. The Kier molecular flexibility index (Phi) is 5.16. The number of rotatable bonds is 7. The van der Waals surface area contributed by atoms with Crippen LogP contribution in [0.4, 0.5) is 13.2 Å². The van der Waals surface area contributed by atoms with E-state index in [0.29, 0.717) is 16.8 Å². The van der Waals surface area contributed by atoms with Gasteiger partial charge >= 0.3 is 6.18 Å². The minimum absolute atomic E-state index is 0.0128. The molecule has 1 fully saturated rings. The van der Waals surface area contributed by atoms with Crippen molar-refractivity contribution in [1.29, 1.82) is 0 Å². The third-order valence-electron chi connectivity index (χ3n) is 3.03. The summed E-state index contributed by atoms with van der Waals surface area (Å²) in [4.78, 5) is 0. The molecule has 0 atom stereocenters. The van der Waals surface area contributed by atoms with Crippen LogP contribution in [0.3, 0.4) is 0 Å². The molecule has 0 bridgehead atoms. The molecule has 20 heavy (non-hydrogen) atoms. The standard InChI is InChI=1S/C14H17ClF3NO/c15-12-8-10(9-19-11-3-4-11)2-5-13(12)20-7-1-6-14(16,17)18/h2,5,8,11,19H,1,3-4,6-7,9H2. The highest BCUT2D eigenvalue weighted by Gasteiger charge is 2.26. The number of benzene rings is 1. The van der Waals surface area contributed by atoms with Gasteiger partial charge in [-0.3, -0.25) is 0 Å². The SMILES string of the molecule is FC(F)(F)CCCOc1ccc(CNC2CC2)cc1Cl. The Balaban J connectivity index is 1.76. The number of nitrogens with one attached hydrogen (secondary N) is 1. The summed E-state index contributed by atoms with van der Waals surface area (Å²) >= 11 is 6.05. The molecule has 2 nitrogen and oxygen atoms in total. The van der Waals surface area contributed by atoms with Crippen LogP contribution in [0.5, 0.6) is 5.75 Å². The summed E-state index contributed by atoms with van der Waals surface area (Å²) in [5.74, 6) is 0.434. The first kappa shape index (κ1) is 15.4. The van der Waals surface area contributed by atoms with Crippen molar-refractivity contribution in [1.82, 2.24) is 5.32 Å². The van der Waals surface area contributed by atoms with E-state index < -0.39 is 12.6 Å². The normalized spacial score (nSPS) is 15.4. The van der Waals surface area contributed by atoms with Gasteiger partial charge in [0.1, 0.15) is 5.75 Å². The molecular formula is C14H17ClF3NO. The molecule has 0 amide bonds. The van der Waals surface area contributed by atoms with Crippen LogP contribution in [0.2, 0.25) is 5.02 Å². The lowest BCUT2D eigenvalue weighted by Gasteiger charge is -2.11. The van der Waals surface area contributed by atoms with Gasteiger partial charge in [0.15, 0.2) is 0 Å². The maximum absolute atomic E-state index is 12.0. The molecular weight excluding hydrogens is 291 g/mol. The maximum Gasteiger partial charge on any atom is 0.389 e. The summed E-state index contributed by atoms with van der Waals surface area (Å²) in [7, 11) is 0. The third-order valence-corrected chi connectivity index (χ3v) is 3.33. The van der Waals surface area contributed by atoms with Gasteiger partial charge in [-0.25, -0.2) is 0 Å². The summed E-state index contributed by atoms with van der Waals surface area (Å²) in [6.07, 6.45) is -2.60. The molecule has 2 rings (SSSR count). The van der Waals surface area contributed by atoms with Crippen molar-refractivity contribution in [3.63, 3.8) is 0 Å². The highest BCUT2D eigenvalue weighted by molar-refractivity contribution is 6.32. The first-order valence-electron chi connectivity index (χ1n) is 6.65. The third kappa shape index (κ3) is 5.59. The minimum Gasteiger partial charge on any atom is -0.492 e. The maximum atomic E-state index is 12.0. The number of hydrogen-bond acceptors (Lipinski definition) is 2. The Morgan fingerprint density at radius 2 is 2.05 bits per heavy atom. The van der Waals surface area contributed by atoms with Crippen LogP contribution in [-0.2, 0) is 6.54 Å². The largest absolute Gasteiger partial charge is 0.492 e. The van der Waals surface area contributed by atoms with Crippen molar-refractivity contribution in [2.45, 2.75) is 44.4 Å². The van der Waals surface area contributed by atoms with E-state index in [2.05, 4.69) is 5.32 Å². The van der Waals surface area contributed by atoms with E-state index in [4.69, 9.17) is 16.3 Å². The van der Waals surface area contributed by atoms with Gasteiger partial charge < -0.3 is 10.1 Å². The average molecular weight is 308 g/mol. The summed E-state index contributed by atoms with van der Waals surface area (Å²) in [6.45, 7) is 0.762. The Labute approximate surface area is 121 Å². The molecule has 6 heteroatoms. The molecule has 0 radical (unpaired) electrons.